The zero-order chi connectivity index (χ0) is 17.9. The van der Waals surface area contributed by atoms with Crippen LogP contribution in [-0.2, 0) is 11.2 Å². The van der Waals surface area contributed by atoms with Crippen molar-refractivity contribution in [3.63, 3.8) is 0 Å². The second-order valence-electron chi connectivity index (χ2n) is 6.72. The molecule has 132 valence electrons. The second-order valence-corrected chi connectivity index (χ2v) is 7.58. The van der Waals surface area contributed by atoms with Gasteiger partial charge in [-0.1, -0.05) is 25.1 Å². The molecule has 25 heavy (non-hydrogen) atoms. The van der Waals surface area contributed by atoms with Crippen LogP contribution in [0.15, 0.2) is 35.7 Å². The minimum Gasteiger partial charge on any atom is -0.342 e. The molecular formula is C18H22N4O2S. The zero-order valence-electron chi connectivity index (χ0n) is 14.2. The van der Waals surface area contributed by atoms with Gasteiger partial charge < -0.3 is 10.6 Å². The molecule has 0 aliphatic carbocycles. The van der Waals surface area contributed by atoms with Gasteiger partial charge in [0, 0.05) is 24.0 Å². The lowest BCUT2D eigenvalue weighted by molar-refractivity contribution is -0.129. The van der Waals surface area contributed by atoms with E-state index in [9.17, 15) is 9.59 Å². The van der Waals surface area contributed by atoms with Crippen LogP contribution in [0.1, 0.15) is 29.4 Å². The standard InChI is InChI=1S/C18H22N4O2S/c1-18(11-19)7-8-22(12-18)15(23)9-14-10-25-17(20-14)21-16(24)13-5-3-2-4-6-13/h2-6,10H,7-9,11-12,19H2,1H3,(H,20,21,24). The van der Waals surface area contributed by atoms with Gasteiger partial charge in [0.15, 0.2) is 5.13 Å². The van der Waals surface area contributed by atoms with Crippen molar-refractivity contribution in [3.05, 3.63) is 47.0 Å². The van der Waals surface area contributed by atoms with E-state index in [2.05, 4.69) is 17.2 Å². The van der Waals surface area contributed by atoms with Crippen molar-refractivity contribution in [2.45, 2.75) is 19.8 Å². The van der Waals surface area contributed by atoms with Crippen molar-refractivity contribution in [2.75, 3.05) is 25.0 Å². The molecule has 1 unspecified atom stereocenters. The maximum absolute atomic E-state index is 12.4. The van der Waals surface area contributed by atoms with Gasteiger partial charge in [-0.05, 0) is 30.5 Å². The molecule has 7 heteroatoms. The largest absolute Gasteiger partial charge is 0.342 e. The van der Waals surface area contributed by atoms with Crippen LogP contribution in [0.25, 0.3) is 0 Å². The molecule has 3 N–H and O–H groups in total. The predicted molar refractivity (Wildman–Crippen MR) is 98.6 cm³/mol. The van der Waals surface area contributed by atoms with Gasteiger partial charge in [0.2, 0.25) is 5.91 Å². The highest BCUT2D eigenvalue weighted by Crippen LogP contribution is 2.29. The average molecular weight is 358 g/mol. The Bertz CT molecular complexity index is 761. The minimum absolute atomic E-state index is 0.0204. The Morgan fingerprint density at radius 2 is 2.12 bits per heavy atom. The number of amides is 2. The van der Waals surface area contributed by atoms with E-state index < -0.39 is 0 Å². The number of anilines is 1. The van der Waals surface area contributed by atoms with Gasteiger partial charge in [0.25, 0.3) is 5.91 Å². The molecule has 2 amide bonds. The number of benzene rings is 1. The number of nitrogens with zero attached hydrogens (tertiary/aromatic N) is 2. The number of hydrogen-bond acceptors (Lipinski definition) is 5. The minimum atomic E-state index is -0.203. The van der Waals surface area contributed by atoms with Crippen molar-refractivity contribution in [3.8, 4) is 0 Å². The van der Waals surface area contributed by atoms with E-state index in [1.165, 1.54) is 11.3 Å². The fourth-order valence-electron chi connectivity index (χ4n) is 2.87. The first kappa shape index (κ1) is 17.6. The molecule has 1 aliphatic heterocycles. The highest BCUT2D eigenvalue weighted by Gasteiger charge is 2.34. The zero-order valence-corrected chi connectivity index (χ0v) is 15.0. The van der Waals surface area contributed by atoms with Gasteiger partial charge in [-0.2, -0.15) is 0 Å². The molecule has 2 aromatic rings. The summed E-state index contributed by atoms with van der Waals surface area (Å²) in [6.45, 7) is 4.14. The maximum Gasteiger partial charge on any atom is 0.257 e. The SMILES string of the molecule is CC1(CN)CCN(C(=O)Cc2csc(NC(=O)c3ccccc3)n2)C1. The molecule has 0 bridgehead atoms. The maximum atomic E-state index is 12.4. The van der Waals surface area contributed by atoms with Crippen LogP contribution < -0.4 is 11.1 Å². The Kier molecular flexibility index (Phi) is 5.15. The molecule has 1 atom stereocenters. The molecule has 6 nitrogen and oxygen atoms in total. The van der Waals surface area contributed by atoms with Gasteiger partial charge in [0.1, 0.15) is 0 Å². The summed E-state index contributed by atoms with van der Waals surface area (Å²) in [7, 11) is 0. The van der Waals surface area contributed by atoms with E-state index in [0.29, 0.717) is 29.5 Å². The first-order valence-corrected chi connectivity index (χ1v) is 9.16. The third kappa shape index (κ3) is 4.24. The molecule has 3 rings (SSSR count). The lowest BCUT2D eigenvalue weighted by atomic mass is 9.90. The number of nitrogens with two attached hydrogens (primary N) is 1. The molecule has 0 radical (unpaired) electrons. The molecule has 0 spiro atoms. The topological polar surface area (TPSA) is 88.3 Å². The lowest BCUT2D eigenvalue weighted by Crippen LogP contribution is -2.35. The summed E-state index contributed by atoms with van der Waals surface area (Å²) in [4.78, 5) is 30.8. The predicted octanol–water partition coefficient (Wildman–Crippen LogP) is 2.14. The highest BCUT2D eigenvalue weighted by molar-refractivity contribution is 7.14. The molecule has 2 heterocycles. The first-order valence-electron chi connectivity index (χ1n) is 8.28. The Morgan fingerprint density at radius 1 is 1.36 bits per heavy atom. The van der Waals surface area contributed by atoms with Crippen molar-refractivity contribution < 1.29 is 9.59 Å². The van der Waals surface area contributed by atoms with Crippen LogP contribution in [0.3, 0.4) is 0 Å². The van der Waals surface area contributed by atoms with E-state index in [1.54, 1.807) is 12.1 Å². The summed E-state index contributed by atoms with van der Waals surface area (Å²) in [6, 6.07) is 8.97. The second kappa shape index (κ2) is 7.33. The van der Waals surface area contributed by atoms with E-state index >= 15 is 0 Å². The van der Waals surface area contributed by atoms with Gasteiger partial charge in [-0.3, -0.25) is 14.9 Å². The van der Waals surface area contributed by atoms with Crippen LogP contribution in [-0.4, -0.2) is 41.3 Å². The summed E-state index contributed by atoms with van der Waals surface area (Å²) in [5.74, 6) is -0.144. The van der Waals surface area contributed by atoms with Crippen LogP contribution in [0.4, 0.5) is 5.13 Å². The van der Waals surface area contributed by atoms with Gasteiger partial charge in [0.05, 0.1) is 12.1 Å². The molecule has 1 aromatic heterocycles. The molecule has 1 aromatic carbocycles. The lowest BCUT2D eigenvalue weighted by Gasteiger charge is -2.22. The summed E-state index contributed by atoms with van der Waals surface area (Å²) < 4.78 is 0. The fraction of sp³-hybridized carbons (Fsp3) is 0.389. The fourth-order valence-corrected chi connectivity index (χ4v) is 3.58. The number of nitrogens with one attached hydrogen (secondary N) is 1. The number of rotatable bonds is 5. The van der Waals surface area contributed by atoms with Crippen molar-refractivity contribution in [1.82, 2.24) is 9.88 Å². The molecule has 0 saturated carbocycles. The monoisotopic (exact) mass is 358 g/mol. The molecule has 1 saturated heterocycles. The third-order valence-corrected chi connectivity index (χ3v) is 5.35. The summed E-state index contributed by atoms with van der Waals surface area (Å²) in [5.41, 5.74) is 7.07. The number of thiazole rings is 1. The Balaban J connectivity index is 1.57. The van der Waals surface area contributed by atoms with E-state index in [4.69, 9.17) is 5.73 Å². The average Bonchev–Trinajstić information content (AvgIpc) is 3.23. The number of hydrogen-bond donors (Lipinski definition) is 2. The summed E-state index contributed by atoms with van der Waals surface area (Å²) >= 11 is 1.33. The summed E-state index contributed by atoms with van der Waals surface area (Å²) in [6.07, 6.45) is 1.18. The first-order chi connectivity index (χ1) is 12.0. The van der Waals surface area contributed by atoms with Crippen LogP contribution in [0.5, 0.6) is 0 Å². The van der Waals surface area contributed by atoms with Crippen molar-refractivity contribution in [2.24, 2.45) is 11.1 Å². The van der Waals surface area contributed by atoms with Gasteiger partial charge in [-0.15, -0.1) is 11.3 Å². The van der Waals surface area contributed by atoms with Crippen LogP contribution >= 0.6 is 11.3 Å². The molecular weight excluding hydrogens is 336 g/mol. The van der Waals surface area contributed by atoms with E-state index in [-0.39, 0.29) is 23.7 Å². The molecule has 1 fully saturated rings. The quantitative estimate of drug-likeness (QED) is 0.857. The number of carbonyl (C=O) groups is 2. The normalized spacial score (nSPS) is 19.8. The van der Waals surface area contributed by atoms with Gasteiger partial charge >= 0.3 is 0 Å². The molecule has 1 aliphatic rings. The number of carbonyl (C=O) groups excluding carboxylic acids is 2. The highest BCUT2D eigenvalue weighted by atomic mass is 32.1. The number of likely N-dealkylation sites (tertiary alicyclic amines) is 1. The van der Waals surface area contributed by atoms with Crippen LogP contribution in [0, 0.1) is 5.41 Å². The Hall–Kier alpha value is -2.25. The Morgan fingerprint density at radius 3 is 2.80 bits per heavy atom. The van der Waals surface area contributed by atoms with E-state index in [0.717, 1.165) is 13.0 Å². The third-order valence-electron chi connectivity index (χ3n) is 4.54. The van der Waals surface area contributed by atoms with E-state index in [1.807, 2.05) is 28.5 Å². The Labute approximate surface area is 151 Å². The smallest absolute Gasteiger partial charge is 0.257 e. The van der Waals surface area contributed by atoms with Gasteiger partial charge in [-0.25, -0.2) is 4.98 Å². The number of aromatic nitrogens is 1. The van der Waals surface area contributed by atoms with Crippen molar-refractivity contribution in [1.29, 1.82) is 0 Å². The van der Waals surface area contributed by atoms with Crippen LogP contribution in [0.2, 0.25) is 0 Å². The summed E-state index contributed by atoms with van der Waals surface area (Å²) in [5, 5.41) is 5.09. The van der Waals surface area contributed by atoms with Crippen molar-refractivity contribution >= 4 is 28.3 Å².